The Balaban J connectivity index is 1.54. The Kier molecular flexibility index (Phi) is 5.37. The maximum absolute atomic E-state index is 12.4. The molecule has 0 saturated carbocycles. The summed E-state index contributed by atoms with van der Waals surface area (Å²) in [6, 6.07) is 3.64. The Bertz CT molecular complexity index is 720. The Hall–Kier alpha value is -2.35. The normalized spacial score (nSPS) is 16.5. The van der Waals surface area contributed by atoms with Gasteiger partial charge in [-0.1, -0.05) is 0 Å². The fraction of sp³-hybridized carbons (Fsp3) is 0.471. The molecule has 8 heteroatoms. The van der Waals surface area contributed by atoms with Crippen LogP contribution >= 0.6 is 11.3 Å². The number of ether oxygens (including phenoxy) is 1. The molecule has 1 aliphatic rings. The fourth-order valence-corrected chi connectivity index (χ4v) is 3.79. The summed E-state index contributed by atoms with van der Waals surface area (Å²) in [6.45, 7) is 3.31. The van der Waals surface area contributed by atoms with E-state index >= 15 is 0 Å². The van der Waals surface area contributed by atoms with Crippen LogP contribution in [0.1, 0.15) is 29.4 Å². The number of likely N-dealkylation sites (tertiary alicyclic amines) is 1. The minimum atomic E-state index is -0.287. The van der Waals surface area contributed by atoms with Crippen LogP contribution in [-0.2, 0) is 4.74 Å². The average molecular weight is 363 g/mol. The summed E-state index contributed by atoms with van der Waals surface area (Å²) < 4.78 is 10.0. The third-order valence-electron chi connectivity index (χ3n) is 4.50. The van der Waals surface area contributed by atoms with Crippen LogP contribution in [0.15, 0.2) is 29.0 Å². The number of carbonyl (C=O) groups excluding carboxylic acids is 2. The molecule has 2 amide bonds. The van der Waals surface area contributed by atoms with Gasteiger partial charge in [-0.3, -0.25) is 4.79 Å². The summed E-state index contributed by atoms with van der Waals surface area (Å²) in [5.41, 5.74) is 0. The molecule has 0 spiro atoms. The lowest BCUT2D eigenvalue weighted by Gasteiger charge is -2.34. The molecule has 3 rings (SSSR count). The van der Waals surface area contributed by atoms with E-state index in [0.717, 1.165) is 12.8 Å². The highest BCUT2D eigenvalue weighted by atomic mass is 32.1. The first-order valence-corrected chi connectivity index (χ1v) is 9.03. The number of amides is 2. The molecule has 0 bridgehead atoms. The predicted octanol–water partition coefficient (Wildman–Crippen LogP) is 3.00. The number of nitrogens with one attached hydrogen (secondary N) is 1. The third-order valence-corrected chi connectivity index (χ3v) is 5.51. The second-order valence-electron chi connectivity index (χ2n) is 6.06. The van der Waals surface area contributed by atoms with Gasteiger partial charge in [0.1, 0.15) is 4.88 Å². The maximum Gasteiger partial charge on any atom is 0.409 e. The van der Waals surface area contributed by atoms with Crippen molar-refractivity contribution >= 4 is 23.3 Å². The van der Waals surface area contributed by atoms with Gasteiger partial charge in [0.2, 0.25) is 0 Å². The van der Waals surface area contributed by atoms with Gasteiger partial charge in [0.05, 0.1) is 19.6 Å². The van der Waals surface area contributed by atoms with Crippen LogP contribution in [0, 0.1) is 5.92 Å². The number of carbonyl (C=O) groups is 2. The van der Waals surface area contributed by atoms with Crippen molar-refractivity contribution in [1.82, 2.24) is 15.2 Å². The number of aromatic nitrogens is 1. The first kappa shape index (κ1) is 17.5. The van der Waals surface area contributed by atoms with Crippen molar-refractivity contribution in [1.29, 1.82) is 0 Å². The zero-order valence-electron chi connectivity index (χ0n) is 14.2. The maximum atomic E-state index is 12.4. The molecular formula is C17H21N3O4S. The minimum absolute atomic E-state index is 0.0291. The molecular weight excluding hydrogens is 342 g/mol. The van der Waals surface area contributed by atoms with Crippen molar-refractivity contribution in [2.45, 2.75) is 25.8 Å². The molecule has 2 aromatic heterocycles. The van der Waals surface area contributed by atoms with Crippen molar-refractivity contribution in [3.05, 3.63) is 29.5 Å². The zero-order valence-corrected chi connectivity index (χ0v) is 15.0. The SMILES string of the molecule is COC(=O)N1CCC(C(C)NC(=O)c2cnc(-c3ccco3)s2)CC1. The number of hydrogen-bond donors (Lipinski definition) is 1. The van der Waals surface area contributed by atoms with E-state index in [1.54, 1.807) is 23.4 Å². The molecule has 1 fully saturated rings. The number of furan rings is 1. The Labute approximate surface area is 150 Å². The van der Waals surface area contributed by atoms with Crippen LogP contribution in [-0.4, -0.2) is 48.1 Å². The fourth-order valence-electron chi connectivity index (χ4n) is 3.00. The van der Waals surface area contributed by atoms with E-state index in [2.05, 4.69) is 10.3 Å². The highest BCUT2D eigenvalue weighted by Gasteiger charge is 2.28. The summed E-state index contributed by atoms with van der Waals surface area (Å²) in [4.78, 5) is 30.5. The van der Waals surface area contributed by atoms with E-state index in [0.29, 0.717) is 34.7 Å². The molecule has 0 aliphatic carbocycles. The van der Waals surface area contributed by atoms with Crippen LogP contribution in [0.3, 0.4) is 0 Å². The number of hydrogen-bond acceptors (Lipinski definition) is 6. The van der Waals surface area contributed by atoms with Crippen molar-refractivity contribution in [2.24, 2.45) is 5.92 Å². The molecule has 3 heterocycles. The molecule has 7 nitrogen and oxygen atoms in total. The number of nitrogens with zero attached hydrogens (tertiary/aromatic N) is 2. The van der Waals surface area contributed by atoms with Gasteiger partial charge in [-0.05, 0) is 37.8 Å². The first-order valence-electron chi connectivity index (χ1n) is 8.22. The van der Waals surface area contributed by atoms with Gasteiger partial charge < -0.3 is 19.4 Å². The molecule has 1 saturated heterocycles. The number of thiazole rings is 1. The van der Waals surface area contributed by atoms with Gasteiger partial charge in [-0.25, -0.2) is 9.78 Å². The van der Waals surface area contributed by atoms with Crippen LogP contribution in [0.5, 0.6) is 0 Å². The van der Waals surface area contributed by atoms with Crippen molar-refractivity contribution in [3.63, 3.8) is 0 Å². The van der Waals surface area contributed by atoms with Gasteiger partial charge >= 0.3 is 6.09 Å². The summed E-state index contributed by atoms with van der Waals surface area (Å²) >= 11 is 1.31. The first-order chi connectivity index (χ1) is 12.1. The molecule has 0 aromatic carbocycles. The van der Waals surface area contributed by atoms with Crippen LogP contribution in [0.25, 0.3) is 10.8 Å². The van der Waals surface area contributed by atoms with E-state index in [9.17, 15) is 9.59 Å². The molecule has 1 N–H and O–H groups in total. The average Bonchev–Trinajstić information content (AvgIpc) is 3.32. The number of methoxy groups -OCH3 is 1. The number of rotatable bonds is 4. The summed E-state index contributed by atoms with van der Waals surface area (Å²) in [5, 5.41) is 3.74. The van der Waals surface area contributed by atoms with Gasteiger partial charge in [0.15, 0.2) is 10.8 Å². The standard InChI is InChI=1S/C17H21N3O4S/c1-11(12-5-7-20(8-6-12)17(22)23-2)19-15(21)14-10-18-16(25-14)13-4-3-9-24-13/h3-4,9-12H,5-8H2,1-2H3,(H,19,21). The Morgan fingerprint density at radius 2 is 2.20 bits per heavy atom. The monoisotopic (exact) mass is 363 g/mol. The third kappa shape index (κ3) is 4.01. The quantitative estimate of drug-likeness (QED) is 0.903. The van der Waals surface area contributed by atoms with Crippen molar-refractivity contribution < 1.29 is 18.7 Å². The lowest BCUT2D eigenvalue weighted by atomic mass is 9.90. The van der Waals surface area contributed by atoms with Crippen LogP contribution in [0.2, 0.25) is 0 Å². The van der Waals surface area contributed by atoms with Crippen molar-refractivity contribution in [3.8, 4) is 10.8 Å². The topological polar surface area (TPSA) is 84.7 Å². The van der Waals surface area contributed by atoms with Crippen LogP contribution in [0.4, 0.5) is 4.79 Å². The van der Waals surface area contributed by atoms with E-state index < -0.39 is 0 Å². The molecule has 1 aliphatic heterocycles. The van der Waals surface area contributed by atoms with Gasteiger partial charge in [0, 0.05) is 19.1 Å². The molecule has 134 valence electrons. The van der Waals surface area contributed by atoms with E-state index in [4.69, 9.17) is 9.15 Å². The van der Waals surface area contributed by atoms with Gasteiger partial charge in [-0.2, -0.15) is 0 Å². The lowest BCUT2D eigenvalue weighted by molar-refractivity contribution is 0.0870. The van der Waals surface area contributed by atoms with Gasteiger partial charge in [-0.15, -0.1) is 11.3 Å². The number of piperidine rings is 1. The molecule has 1 atom stereocenters. The predicted molar refractivity (Wildman–Crippen MR) is 93.4 cm³/mol. The Morgan fingerprint density at radius 3 is 2.84 bits per heavy atom. The highest BCUT2D eigenvalue weighted by Crippen LogP contribution is 2.26. The zero-order chi connectivity index (χ0) is 17.8. The lowest BCUT2D eigenvalue weighted by Crippen LogP contribution is -2.45. The molecule has 25 heavy (non-hydrogen) atoms. The van der Waals surface area contributed by atoms with Crippen LogP contribution < -0.4 is 5.32 Å². The summed E-state index contributed by atoms with van der Waals surface area (Å²) in [5.74, 6) is 0.868. The largest absolute Gasteiger partial charge is 0.462 e. The second kappa shape index (κ2) is 7.69. The van der Waals surface area contributed by atoms with Gasteiger partial charge in [0.25, 0.3) is 5.91 Å². The van der Waals surface area contributed by atoms with E-state index in [-0.39, 0.29) is 18.0 Å². The molecule has 0 radical (unpaired) electrons. The second-order valence-corrected chi connectivity index (χ2v) is 7.09. The summed E-state index contributed by atoms with van der Waals surface area (Å²) in [7, 11) is 1.39. The molecule has 2 aromatic rings. The Morgan fingerprint density at radius 1 is 1.44 bits per heavy atom. The smallest absolute Gasteiger partial charge is 0.409 e. The summed E-state index contributed by atoms with van der Waals surface area (Å²) in [6.07, 6.45) is 4.56. The highest BCUT2D eigenvalue weighted by molar-refractivity contribution is 7.16. The molecule has 1 unspecified atom stereocenters. The van der Waals surface area contributed by atoms with Crippen molar-refractivity contribution in [2.75, 3.05) is 20.2 Å². The minimum Gasteiger partial charge on any atom is -0.462 e. The van der Waals surface area contributed by atoms with E-state index in [1.807, 2.05) is 13.0 Å². The van der Waals surface area contributed by atoms with E-state index in [1.165, 1.54) is 18.4 Å².